The maximum absolute atomic E-state index is 11.9. The van der Waals surface area contributed by atoms with E-state index in [0.29, 0.717) is 6.61 Å². The molecule has 0 spiro atoms. The molecule has 3 nitrogen and oxygen atoms in total. The van der Waals surface area contributed by atoms with Gasteiger partial charge in [0.15, 0.2) is 0 Å². The van der Waals surface area contributed by atoms with E-state index in [4.69, 9.17) is 4.74 Å². The molecule has 0 fully saturated rings. The van der Waals surface area contributed by atoms with Gasteiger partial charge in [-0.25, -0.2) is 4.79 Å². The Morgan fingerprint density at radius 1 is 1.04 bits per heavy atom. The number of hydrogen-bond acceptors (Lipinski definition) is 2. The summed E-state index contributed by atoms with van der Waals surface area (Å²) in [5.74, 6) is -0.323. The van der Waals surface area contributed by atoms with Crippen LogP contribution >= 0.6 is 0 Å². The van der Waals surface area contributed by atoms with Crippen LogP contribution in [0.25, 0.3) is 33.5 Å². The zero-order valence-corrected chi connectivity index (χ0v) is 15.5. The molecule has 4 aromatic rings. The molecule has 27 heavy (non-hydrogen) atoms. The number of aromatic nitrogens is 1. The Labute approximate surface area is 158 Å². The van der Waals surface area contributed by atoms with E-state index in [2.05, 4.69) is 60.0 Å². The Morgan fingerprint density at radius 2 is 1.78 bits per heavy atom. The summed E-state index contributed by atoms with van der Waals surface area (Å²) in [6.07, 6.45) is 5.48. The van der Waals surface area contributed by atoms with Crippen molar-refractivity contribution >= 4 is 28.3 Å². The molecule has 4 rings (SSSR count). The molecule has 0 bridgehead atoms. The average Bonchev–Trinajstić information content (AvgIpc) is 2.99. The Morgan fingerprint density at radius 3 is 2.56 bits per heavy atom. The number of carbonyl (C=O) groups is 1. The van der Waals surface area contributed by atoms with Gasteiger partial charge < -0.3 is 9.14 Å². The number of fused-ring (bicyclic) bond motifs is 3. The molecule has 0 aliphatic carbocycles. The highest BCUT2D eigenvalue weighted by Crippen LogP contribution is 2.37. The normalized spacial score (nSPS) is 11.5. The van der Waals surface area contributed by atoms with E-state index in [1.54, 1.807) is 0 Å². The summed E-state index contributed by atoms with van der Waals surface area (Å²) in [7, 11) is 0. The van der Waals surface area contributed by atoms with Crippen molar-refractivity contribution in [2.24, 2.45) is 0 Å². The number of rotatable bonds is 4. The van der Waals surface area contributed by atoms with Gasteiger partial charge in [0.2, 0.25) is 0 Å². The molecule has 0 saturated carbocycles. The van der Waals surface area contributed by atoms with Gasteiger partial charge in [0.25, 0.3) is 0 Å². The molecule has 0 saturated heterocycles. The summed E-state index contributed by atoms with van der Waals surface area (Å²) in [5, 5.41) is 2.39. The SMILES string of the molecule is CCOC(=O)/C=C/c1c(-c2ccccc2)c2c3ccccc3ccn2c1C. The summed E-state index contributed by atoms with van der Waals surface area (Å²) < 4.78 is 7.26. The van der Waals surface area contributed by atoms with Gasteiger partial charge in [0.05, 0.1) is 12.1 Å². The maximum atomic E-state index is 11.9. The monoisotopic (exact) mass is 355 g/mol. The predicted molar refractivity (Wildman–Crippen MR) is 111 cm³/mol. The highest BCUT2D eigenvalue weighted by Gasteiger charge is 2.17. The summed E-state index contributed by atoms with van der Waals surface area (Å²) in [4.78, 5) is 11.9. The van der Waals surface area contributed by atoms with Crippen molar-refractivity contribution in [3.8, 4) is 11.1 Å². The fourth-order valence-corrected chi connectivity index (χ4v) is 3.63. The third-order valence-corrected chi connectivity index (χ3v) is 4.85. The lowest BCUT2D eigenvalue weighted by atomic mass is 9.98. The second-order valence-corrected chi connectivity index (χ2v) is 6.45. The Balaban J connectivity index is 2.06. The molecule has 134 valence electrons. The van der Waals surface area contributed by atoms with Crippen LogP contribution in [0.1, 0.15) is 18.2 Å². The van der Waals surface area contributed by atoms with E-state index in [1.807, 2.05) is 31.2 Å². The summed E-state index contributed by atoms with van der Waals surface area (Å²) in [6, 6.07) is 20.8. The van der Waals surface area contributed by atoms with Crippen LogP contribution in [0, 0.1) is 6.92 Å². The maximum Gasteiger partial charge on any atom is 0.330 e. The summed E-state index contributed by atoms with van der Waals surface area (Å²) in [5.41, 5.74) is 5.54. The molecule has 2 aromatic heterocycles. The number of carbonyl (C=O) groups excluding carboxylic acids is 1. The molecule has 0 aliphatic heterocycles. The topological polar surface area (TPSA) is 30.7 Å². The van der Waals surface area contributed by atoms with Gasteiger partial charge in [0, 0.05) is 34.5 Å². The molecule has 0 aliphatic rings. The smallest absolute Gasteiger partial charge is 0.330 e. The number of hydrogen-bond donors (Lipinski definition) is 0. The molecule has 0 radical (unpaired) electrons. The van der Waals surface area contributed by atoms with Crippen LogP contribution < -0.4 is 0 Å². The van der Waals surface area contributed by atoms with Crippen molar-refractivity contribution in [3.05, 3.63) is 84.2 Å². The molecule has 2 aromatic carbocycles. The van der Waals surface area contributed by atoms with Crippen LogP contribution in [-0.2, 0) is 9.53 Å². The van der Waals surface area contributed by atoms with E-state index < -0.39 is 0 Å². The van der Waals surface area contributed by atoms with Gasteiger partial charge in [-0.2, -0.15) is 0 Å². The second kappa shape index (κ2) is 7.12. The Kier molecular flexibility index (Phi) is 4.51. The van der Waals surface area contributed by atoms with E-state index in [1.165, 1.54) is 16.8 Å². The molecular weight excluding hydrogens is 334 g/mol. The van der Waals surface area contributed by atoms with Crippen LogP contribution in [0.5, 0.6) is 0 Å². The Hall–Kier alpha value is -3.33. The van der Waals surface area contributed by atoms with Crippen molar-refractivity contribution in [1.29, 1.82) is 0 Å². The van der Waals surface area contributed by atoms with Gasteiger partial charge in [-0.15, -0.1) is 0 Å². The van der Waals surface area contributed by atoms with Crippen LogP contribution in [0.4, 0.5) is 0 Å². The molecule has 3 heteroatoms. The standard InChI is InChI=1S/C24H21NO2/c1-3-27-22(26)14-13-20-17(2)25-16-15-18-9-7-8-12-21(18)24(25)23(20)19-10-5-4-6-11-19/h4-16H,3H2,1-2H3/b14-13+. The van der Waals surface area contributed by atoms with Crippen LogP contribution in [0.2, 0.25) is 0 Å². The highest BCUT2D eigenvalue weighted by atomic mass is 16.5. The number of ether oxygens (including phenoxy) is 1. The molecule has 0 N–H and O–H groups in total. The largest absolute Gasteiger partial charge is 0.463 e. The van der Waals surface area contributed by atoms with E-state index >= 15 is 0 Å². The Bertz CT molecular complexity index is 1150. The van der Waals surface area contributed by atoms with E-state index in [0.717, 1.165) is 27.9 Å². The quantitative estimate of drug-likeness (QED) is 0.350. The third kappa shape index (κ3) is 3.02. The van der Waals surface area contributed by atoms with Gasteiger partial charge in [0.1, 0.15) is 0 Å². The minimum Gasteiger partial charge on any atom is -0.463 e. The first-order valence-corrected chi connectivity index (χ1v) is 9.13. The van der Waals surface area contributed by atoms with Crippen LogP contribution in [-0.4, -0.2) is 17.0 Å². The lowest BCUT2D eigenvalue weighted by molar-refractivity contribution is -0.137. The first-order chi connectivity index (χ1) is 13.2. The molecule has 0 atom stereocenters. The molecule has 0 unspecified atom stereocenters. The van der Waals surface area contributed by atoms with E-state index in [9.17, 15) is 4.79 Å². The summed E-state index contributed by atoms with van der Waals surface area (Å²) >= 11 is 0. The third-order valence-electron chi connectivity index (χ3n) is 4.85. The fraction of sp³-hybridized carbons (Fsp3) is 0.125. The van der Waals surface area contributed by atoms with Gasteiger partial charge in [-0.1, -0.05) is 54.6 Å². The summed E-state index contributed by atoms with van der Waals surface area (Å²) in [6.45, 7) is 4.26. The molecular formula is C24H21NO2. The van der Waals surface area contributed by atoms with Gasteiger partial charge in [-0.3, -0.25) is 0 Å². The van der Waals surface area contributed by atoms with Gasteiger partial charge in [-0.05, 0) is 36.9 Å². The van der Waals surface area contributed by atoms with Crippen molar-refractivity contribution in [2.75, 3.05) is 6.61 Å². The first kappa shape index (κ1) is 17.1. The number of nitrogens with zero attached hydrogens (tertiary/aromatic N) is 1. The number of pyridine rings is 1. The van der Waals surface area contributed by atoms with Crippen LogP contribution in [0.3, 0.4) is 0 Å². The molecule has 2 heterocycles. The second-order valence-electron chi connectivity index (χ2n) is 6.45. The molecule has 0 amide bonds. The van der Waals surface area contributed by atoms with Crippen LogP contribution in [0.15, 0.2) is 72.9 Å². The number of aryl methyl sites for hydroxylation is 1. The van der Waals surface area contributed by atoms with Crippen molar-refractivity contribution in [1.82, 2.24) is 4.40 Å². The van der Waals surface area contributed by atoms with Crippen molar-refractivity contribution in [3.63, 3.8) is 0 Å². The minimum atomic E-state index is -0.323. The zero-order valence-electron chi connectivity index (χ0n) is 15.5. The number of benzene rings is 2. The average molecular weight is 355 g/mol. The predicted octanol–water partition coefficient (Wildman–Crippen LogP) is 5.64. The van der Waals surface area contributed by atoms with Crippen molar-refractivity contribution in [2.45, 2.75) is 13.8 Å². The minimum absolute atomic E-state index is 0.323. The number of esters is 1. The lowest BCUT2D eigenvalue weighted by Gasteiger charge is -2.06. The first-order valence-electron chi connectivity index (χ1n) is 9.13. The zero-order chi connectivity index (χ0) is 18.8. The lowest BCUT2D eigenvalue weighted by Crippen LogP contribution is -1.98. The van der Waals surface area contributed by atoms with E-state index in [-0.39, 0.29) is 5.97 Å². The van der Waals surface area contributed by atoms with Crippen molar-refractivity contribution < 1.29 is 9.53 Å². The van der Waals surface area contributed by atoms with Gasteiger partial charge >= 0.3 is 5.97 Å². The fourth-order valence-electron chi connectivity index (χ4n) is 3.63. The highest BCUT2D eigenvalue weighted by molar-refractivity contribution is 6.07.